The van der Waals surface area contributed by atoms with Crippen LogP contribution in [0.2, 0.25) is 10.0 Å². The number of halogens is 2. The standard InChI is InChI=1S/C29H31Cl2N7O3S/c1-29(2,3)18-6-13-25(23(31)14-18)38-28(34-35-36-38)42-17-27(40)33-24-12-11-21(15-22(24)30)41-16-26(39)32-19-7-9-20(10-8-19)37(4)5/h6-15H,16-17H2,1-5H3,(H,32,39)(H,33,40). The van der Waals surface area contributed by atoms with Gasteiger partial charge in [0.1, 0.15) is 5.75 Å². The van der Waals surface area contributed by atoms with Crippen LogP contribution in [0.5, 0.6) is 5.75 Å². The molecule has 2 amide bonds. The highest BCUT2D eigenvalue weighted by atomic mass is 35.5. The molecule has 0 aliphatic rings. The maximum atomic E-state index is 12.7. The Morgan fingerprint density at radius 3 is 2.33 bits per heavy atom. The van der Waals surface area contributed by atoms with E-state index >= 15 is 0 Å². The molecule has 3 aromatic carbocycles. The molecule has 0 aliphatic heterocycles. The first-order valence-corrected chi connectivity index (χ1v) is 14.7. The van der Waals surface area contributed by atoms with Gasteiger partial charge >= 0.3 is 0 Å². The van der Waals surface area contributed by atoms with Crippen LogP contribution in [0.3, 0.4) is 0 Å². The number of carbonyl (C=O) groups is 2. The summed E-state index contributed by atoms with van der Waals surface area (Å²) >= 11 is 14.1. The number of carbonyl (C=O) groups excluding carboxylic acids is 2. The average Bonchev–Trinajstić information content (AvgIpc) is 3.40. The van der Waals surface area contributed by atoms with E-state index in [2.05, 4.69) is 46.9 Å². The van der Waals surface area contributed by atoms with E-state index in [1.165, 1.54) is 10.7 Å². The third kappa shape index (κ3) is 8.15. The van der Waals surface area contributed by atoms with Gasteiger partial charge in [0.2, 0.25) is 11.1 Å². The van der Waals surface area contributed by atoms with Crippen LogP contribution in [-0.2, 0) is 15.0 Å². The van der Waals surface area contributed by atoms with E-state index in [0.29, 0.717) is 33.0 Å². The van der Waals surface area contributed by atoms with Crippen molar-refractivity contribution in [3.05, 3.63) is 76.3 Å². The summed E-state index contributed by atoms with van der Waals surface area (Å²) in [4.78, 5) is 26.9. The Labute approximate surface area is 258 Å². The molecule has 10 nitrogen and oxygen atoms in total. The van der Waals surface area contributed by atoms with Gasteiger partial charge in [-0.3, -0.25) is 9.59 Å². The topological polar surface area (TPSA) is 114 Å². The molecule has 0 spiro atoms. The number of thioether (sulfide) groups is 1. The minimum Gasteiger partial charge on any atom is -0.484 e. The molecule has 1 aromatic heterocycles. The molecular formula is C29H31Cl2N7O3S. The number of anilines is 3. The van der Waals surface area contributed by atoms with E-state index in [-0.39, 0.29) is 34.6 Å². The van der Waals surface area contributed by atoms with E-state index in [1.807, 2.05) is 61.5 Å². The fourth-order valence-electron chi connectivity index (χ4n) is 3.76. The van der Waals surface area contributed by atoms with Gasteiger partial charge in [-0.05, 0) is 69.9 Å². The van der Waals surface area contributed by atoms with Crippen LogP contribution in [-0.4, -0.2) is 58.5 Å². The number of hydrogen-bond acceptors (Lipinski definition) is 8. The molecule has 2 N–H and O–H groups in total. The maximum absolute atomic E-state index is 12.7. The van der Waals surface area contributed by atoms with Crippen LogP contribution in [0.4, 0.5) is 17.1 Å². The lowest BCUT2D eigenvalue weighted by Crippen LogP contribution is -2.20. The molecular weight excluding hydrogens is 597 g/mol. The molecule has 0 atom stereocenters. The van der Waals surface area contributed by atoms with Crippen LogP contribution in [0.1, 0.15) is 26.3 Å². The number of amides is 2. The predicted molar refractivity (Wildman–Crippen MR) is 169 cm³/mol. The largest absolute Gasteiger partial charge is 0.484 e. The van der Waals surface area contributed by atoms with E-state index < -0.39 is 0 Å². The SMILES string of the molecule is CN(C)c1ccc(NC(=O)COc2ccc(NC(=O)CSc3nnnn3-c3ccc(C(C)(C)C)cc3Cl)c(Cl)c2)cc1. The zero-order valence-electron chi connectivity index (χ0n) is 23.8. The van der Waals surface area contributed by atoms with Gasteiger partial charge in [0.15, 0.2) is 6.61 Å². The molecule has 4 aromatic rings. The van der Waals surface area contributed by atoms with Crippen molar-refractivity contribution in [2.75, 3.05) is 42.0 Å². The quantitative estimate of drug-likeness (QED) is 0.203. The third-order valence-electron chi connectivity index (χ3n) is 6.07. The number of benzene rings is 3. The first kappa shape index (κ1) is 31.1. The van der Waals surface area contributed by atoms with Crippen LogP contribution in [0.25, 0.3) is 5.69 Å². The highest BCUT2D eigenvalue weighted by Crippen LogP contribution is 2.31. The molecule has 1 heterocycles. The van der Waals surface area contributed by atoms with Gasteiger partial charge in [-0.1, -0.05) is 61.8 Å². The highest BCUT2D eigenvalue weighted by Gasteiger charge is 2.19. The molecule has 0 bridgehead atoms. The summed E-state index contributed by atoms with van der Waals surface area (Å²) in [6.45, 7) is 6.11. The third-order valence-corrected chi connectivity index (χ3v) is 7.60. The van der Waals surface area contributed by atoms with Crippen molar-refractivity contribution in [3.63, 3.8) is 0 Å². The first-order valence-electron chi connectivity index (χ1n) is 12.9. The maximum Gasteiger partial charge on any atom is 0.262 e. The second-order valence-corrected chi connectivity index (χ2v) is 12.3. The van der Waals surface area contributed by atoms with Crippen LogP contribution >= 0.6 is 35.0 Å². The Hall–Kier alpha value is -3.80. The molecule has 42 heavy (non-hydrogen) atoms. The predicted octanol–water partition coefficient (Wildman–Crippen LogP) is 6.08. The number of tetrazole rings is 1. The van der Waals surface area contributed by atoms with Crippen molar-refractivity contribution in [1.82, 2.24) is 20.2 Å². The Balaban J connectivity index is 1.29. The summed E-state index contributed by atoms with van der Waals surface area (Å²) < 4.78 is 7.07. The molecule has 220 valence electrons. The Morgan fingerprint density at radius 1 is 0.952 bits per heavy atom. The second kappa shape index (κ2) is 13.5. The van der Waals surface area contributed by atoms with Gasteiger partial charge in [0, 0.05) is 31.5 Å². The minimum absolute atomic E-state index is 0.0301. The minimum atomic E-state index is -0.313. The van der Waals surface area contributed by atoms with Gasteiger partial charge in [-0.25, -0.2) is 0 Å². The van der Waals surface area contributed by atoms with E-state index in [1.54, 1.807) is 12.1 Å². The Bertz CT molecular complexity index is 1570. The molecule has 0 saturated heterocycles. The first-order chi connectivity index (χ1) is 19.9. The number of ether oxygens (including phenoxy) is 1. The Morgan fingerprint density at radius 2 is 1.69 bits per heavy atom. The summed E-state index contributed by atoms with van der Waals surface area (Å²) in [5.41, 5.74) is 3.74. The Kier molecular flexibility index (Phi) is 9.97. The monoisotopic (exact) mass is 627 g/mol. The summed E-state index contributed by atoms with van der Waals surface area (Å²) in [6, 6.07) is 18.0. The molecule has 13 heteroatoms. The number of aromatic nitrogens is 4. The number of rotatable bonds is 10. The van der Waals surface area contributed by atoms with Crippen LogP contribution in [0.15, 0.2) is 65.8 Å². The lowest BCUT2D eigenvalue weighted by Gasteiger charge is -2.20. The van der Waals surface area contributed by atoms with Crippen molar-refractivity contribution < 1.29 is 14.3 Å². The molecule has 0 unspecified atom stereocenters. The van der Waals surface area contributed by atoms with Crippen molar-refractivity contribution in [2.45, 2.75) is 31.3 Å². The van der Waals surface area contributed by atoms with Gasteiger partial charge in [0.25, 0.3) is 5.91 Å². The van der Waals surface area contributed by atoms with Crippen molar-refractivity contribution in [2.24, 2.45) is 0 Å². The highest BCUT2D eigenvalue weighted by molar-refractivity contribution is 7.99. The van der Waals surface area contributed by atoms with Gasteiger partial charge in [-0.15, -0.1) is 5.10 Å². The lowest BCUT2D eigenvalue weighted by molar-refractivity contribution is -0.118. The van der Waals surface area contributed by atoms with E-state index in [0.717, 1.165) is 23.0 Å². The second-order valence-electron chi connectivity index (χ2n) is 10.5. The zero-order chi connectivity index (χ0) is 30.4. The number of nitrogens with one attached hydrogen (secondary N) is 2. The van der Waals surface area contributed by atoms with Crippen molar-refractivity contribution in [3.8, 4) is 11.4 Å². The smallest absolute Gasteiger partial charge is 0.262 e. The van der Waals surface area contributed by atoms with E-state index in [4.69, 9.17) is 27.9 Å². The summed E-state index contributed by atoms with van der Waals surface area (Å²) in [5.74, 6) is -0.201. The zero-order valence-corrected chi connectivity index (χ0v) is 26.1. The summed E-state index contributed by atoms with van der Waals surface area (Å²) in [5, 5.41) is 18.6. The number of nitrogens with zero attached hydrogens (tertiary/aromatic N) is 5. The van der Waals surface area contributed by atoms with Crippen molar-refractivity contribution >= 4 is 63.8 Å². The molecule has 0 radical (unpaired) electrons. The normalized spacial score (nSPS) is 11.2. The van der Waals surface area contributed by atoms with E-state index in [9.17, 15) is 9.59 Å². The molecule has 0 saturated carbocycles. The van der Waals surface area contributed by atoms with Crippen LogP contribution < -0.4 is 20.3 Å². The summed E-state index contributed by atoms with van der Waals surface area (Å²) in [6.07, 6.45) is 0. The van der Waals surface area contributed by atoms with Gasteiger partial charge in [-0.2, -0.15) is 4.68 Å². The van der Waals surface area contributed by atoms with Gasteiger partial charge < -0.3 is 20.3 Å². The molecule has 4 rings (SSSR count). The van der Waals surface area contributed by atoms with Crippen LogP contribution in [0, 0.1) is 0 Å². The molecule has 0 aliphatic carbocycles. The summed E-state index contributed by atoms with van der Waals surface area (Å²) in [7, 11) is 3.89. The average molecular weight is 629 g/mol. The lowest BCUT2D eigenvalue weighted by atomic mass is 9.87. The molecule has 0 fully saturated rings. The number of hydrogen-bond donors (Lipinski definition) is 2. The fraction of sp³-hybridized carbons (Fsp3) is 0.276. The fourth-order valence-corrected chi connectivity index (χ4v) is 4.92. The van der Waals surface area contributed by atoms with Crippen molar-refractivity contribution in [1.29, 1.82) is 0 Å². The van der Waals surface area contributed by atoms with Gasteiger partial charge in [0.05, 0.1) is 27.2 Å².